The number of aryl methyl sites for hydroxylation is 2. The lowest BCUT2D eigenvalue weighted by molar-refractivity contribution is 0.0950. The maximum absolute atomic E-state index is 12.0. The van der Waals surface area contributed by atoms with Crippen LogP contribution in [0.3, 0.4) is 0 Å². The van der Waals surface area contributed by atoms with Crippen molar-refractivity contribution in [1.82, 2.24) is 15.3 Å². The van der Waals surface area contributed by atoms with Gasteiger partial charge >= 0.3 is 0 Å². The molecule has 2 rings (SSSR count). The fraction of sp³-hybridized carbons (Fsp3) is 0.308. The Hall–Kier alpha value is -1.95. The van der Waals surface area contributed by atoms with Crippen LogP contribution < -0.4 is 11.1 Å². The van der Waals surface area contributed by atoms with Crippen LogP contribution in [0.25, 0.3) is 0 Å². The third-order valence-corrected chi connectivity index (χ3v) is 3.73. The van der Waals surface area contributed by atoms with Crippen molar-refractivity contribution in [3.8, 4) is 0 Å². The number of anilines is 1. The average Bonchev–Trinajstić information content (AvgIpc) is 2.82. The molecule has 2 aromatic rings. The van der Waals surface area contributed by atoms with Gasteiger partial charge in [0.15, 0.2) is 0 Å². The number of nitrogens with zero attached hydrogens (tertiary/aromatic N) is 2. The van der Waals surface area contributed by atoms with Crippen molar-refractivity contribution in [2.24, 2.45) is 0 Å². The SMILES string of the molecule is CCc1cnc(CNC(=O)c2cc(C)nc(N)c2)s1. The van der Waals surface area contributed by atoms with E-state index in [0.29, 0.717) is 17.9 Å². The molecule has 3 N–H and O–H groups in total. The maximum Gasteiger partial charge on any atom is 0.251 e. The van der Waals surface area contributed by atoms with E-state index in [2.05, 4.69) is 22.2 Å². The zero-order chi connectivity index (χ0) is 13.8. The number of aromatic nitrogens is 2. The molecule has 0 spiro atoms. The van der Waals surface area contributed by atoms with Crippen LogP contribution in [0.15, 0.2) is 18.3 Å². The molecule has 6 heteroatoms. The zero-order valence-electron chi connectivity index (χ0n) is 10.9. The van der Waals surface area contributed by atoms with Gasteiger partial charge in [0.2, 0.25) is 0 Å². The molecule has 100 valence electrons. The van der Waals surface area contributed by atoms with Crippen molar-refractivity contribution in [1.29, 1.82) is 0 Å². The first-order valence-electron chi connectivity index (χ1n) is 6.04. The highest BCUT2D eigenvalue weighted by Crippen LogP contribution is 2.13. The van der Waals surface area contributed by atoms with Crippen molar-refractivity contribution in [2.75, 3.05) is 5.73 Å². The predicted molar refractivity (Wildman–Crippen MR) is 76.0 cm³/mol. The van der Waals surface area contributed by atoms with Crippen LogP contribution in [0.1, 0.15) is 32.9 Å². The van der Waals surface area contributed by atoms with E-state index < -0.39 is 0 Å². The van der Waals surface area contributed by atoms with Crippen LogP contribution in [0, 0.1) is 6.92 Å². The van der Waals surface area contributed by atoms with Gasteiger partial charge in [0.25, 0.3) is 5.91 Å². The lowest BCUT2D eigenvalue weighted by Gasteiger charge is -2.05. The summed E-state index contributed by atoms with van der Waals surface area (Å²) in [4.78, 5) is 21.5. The van der Waals surface area contributed by atoms with Gasteiger partial charge in [-0.05, 0) is 25.5 Å². The molecular weight excluding hydrogens is 260 g/mol. The number of hydrogen-bond donors (Lipinski definition) is 2. The number of carbonyl (C=O) groups is 1. The standard InChI is InChI=1S/C13H16N4OS/c1-3-10-6-15-12(19-10)7-16-13(18)9-4-8(2)17-11(14)5-9/h4-6H,3,7H2,1-2H3,(H2,14,17)(H,16,18). The average molecular weight is 276 g/mol. The van der Waals surface area contributed by atoms with E-state index in [9.17, 15) is 4.79 Å². The minimum atomic E-state index is -0.162. The van der Waals surface area contributed by atoms with E-state index in [-0.39, 0.29) is 5.91 Å². The van der Waals surface area contributed by atoms with Gasteiger partial charge in [0, 0.05) is 22.3 Å². The summed E-state index contributed by atoms with van der Waals surface area (Å²) in [6.07, 6.45) is 2.81. The van der Waals surface area contributed by atoms with Crippen LogP contribution in [0.4, 0.5) is 5.82 Å². The predicted octanol–water partition coefficient (Wildman–Crippen LogP) is 1.92. The molecule has 0 aliphatic rings. The second kappa shape index (κ2) is 5.79. The maximum atomic E-state index is 12.0. The van der Waals surface area contributed by atoms with E-state index >= 15 is 0 Å². The fourth-order valence-electron chi connectivity index (χ4n) is 1.68. The summed E-state index contributed by atoms with van der Waals surface area (Å²) in [6, 6.07) is 3.28. The van der Waals surface area contributed by atoms with Crippen molar-refractivity contribution in [2.45, 2.75) is 26.8 Å². The number of rotatable bonds is 4. The van der Waals surface area contributed by atoms with E-state index in [1.165, 1.54) is 4.88 Å². The van der Waals surface area contributed by atoms with Crippen LogP contribution >= 0.6 is 11.3 Å². The molecule has 0 bridgehead atoms. The summed E-state index contributed by atoms with van der Waals surface area (Å²) in [5, 5.41) is 3.74. The molecular formula is C13H16N4OS. The highest BCUT2D eigenvalue weighted by Gasteiger charge is 2.08. The molecule has 19 heavy (non-hydrogen) atoms. The molecule has 0 saturated heterocycles. The number of amides is 1. The van der Waals surface area contributed by atoms with Gasteiger partial charge < -0.3 is 11.1 Å². The summed E-state index contributed by atoms with van der Waals surface area (Å²) in [5.74, 6) is 0.193. The molecule has 5 nitrogen and oxygen atoms in total. The summed E-state index contributed by atoms with van der Waals surface area (Å²) in [7, 11) is 0. The minimum absolute atomic E-state index is 0.162. The summed E-state index contributed by atoms with van der Waals surface area (Å²) < 4.78 is 0. The Morgan fingerprint density at radius 2 is 2.26 bits per heavy atom. The molecule has 0 atom stereocenters. The summed E-state index contributed by atoms with van der Waals surface area (Å²) in [6.45, 7) is 4.32. The van der Waals surface area contributed by atoms with Gasteiger partial charge in [-0.15, -0.1) is 11.3 Å². The first-order valence-corrected chi connectivity index (χ1v) is 6.86. The molecule has 1 amide bonds. The van der Waals surface area contributed by atoms with E-state index in [0.717, 1.165) is 17.1 Å². The zero-order valence-corrected chi connectivity index (χ0v) is 11.8. The highest BCUT2D eigenvalue weighted by atomic mass is 32.1. The molecule has 0 aliphatic carbocycles. The second-order valence-corrected chi connectivity index (χ2v) is 5.38. The van der Waals surface area contributed by atoms with Crippen LogP contribution in [-0.2, 0) is 13.0 Å². The number of nitrogen functional groups attached to an aromatic ring is 1. The first-order chi connectivity index (χ1) is 9.08. The molecule has 0 aliphatic heterocycles. The van der Waals surface area contributed by atoms with Crippen molar-refractivity contribution in [3.63, 3.8) is 0 Å². The molecule has 0 unspecified atom stereocenters. The van der Waals surface area contributed by atoms with Crippen molar-refractivity contribution in [3.05, 3.63) is 39.5 Å². The highest BCUT2D eigenvalue weighted by molar-refractivity contribution is 7.11. The molecule has 2 aromatic heterocycles. The van der Waals surface area contributed by atoms with Gasteiger partial charge in [0.05, 0.1) is 6.54 Å². The molecule has 0 radical (unpaired) electrons. The van der Waals surface area contributed by atoms with Crippen LogP contribution in [-0.4, -0.2) is 15.9 Å². The Labute approximate surface area is 115 Å². The van der Waals surface area contributed by atoms with Gasteiger partial charge in [-0.3, -0.25) is 4.79 Å². The van der Waals surface area contributed by atoms with Gasteiger partial charge in [0.1, 0.15) is 10.8 Å². The van der Waals surface area contributed by atoms with Crippen LogP contribution in [0.2, 0.25) is 0 Å². The smallest absolute Gasteiger partial charge is 0.251 e. The van der Waals surface area contributed by atoms with Gasteiger partial charge in [-0.2, -0.15) is 0 Å². The Kier molecular flexibility index (Phi) is 4.11. The number of hydrogen-bond acceptors (Lipinski definition) is 5. The molecule has 0 aromatic carbocycles. The van der Waals surface area contributed by atoms with Crippen LogP contribution in [0.5, 0.6) is 0 Å². The van der Waals surface area contributed by atoms with Crippen molar-refractivity contribution >= 4 is 23.1 Å². The normalized spacial score (nSPS) is 10.4. The summed E-state index contributed by atoms with van der Waals surface area (Å²) in [5.41, 5.74) is 6.88. The van der Waals surface area contributed by atoms with E-state index in [1.807, 2.05) is 13.1 Å². The number of nitrogens with two attached hydrogens (primary N) is 1. The lowest BCUT2D eigenvalue weighted by Crippen LogP contribution is -2.23. The lowest BCUT2D eigenvalue weighted by atomic mass is 10.2. The third kappa shape index (κ3) is 3.51. The van der Waals surface area contributed by atoms with Gasteiger partial charge in [-0.1, -0.05) is 6.92 Å². The molecule has 2 heterocycles. The quantitative estimate of drug-likeness (QED) is 0.894. The monoisotopic (exact) mass is 276 g/mol. The van der Waals surface area contributed by atoms with E-state index in [4.69, 9.17) is 5.73 Å². The number of carbonyl (C=O) groups excluding carboxylic acids is 1. The van der Waals surface area contributed by atoms with E-state index in [1.54, 1.807) is 23.5 Å². The Balaban J connectivity index is 2.00. The number of thiazole rings is 1. The Morgan fingerprint density at radius 1 is 1.47 bits per heavy atom. The minimum Gasteiger partial charge on any atom is -0.384 e. The summed E-state index contributed by atoms with van der Waals surface area (Å²) >= 11 is 1.61. The Morgan fingerprint density at radius 3 is 2.89 bits per heavy atom. The first kappa shape index (κ1) is 13.5. The molecule has 0 saturated carbocycles. The number of nitrogens with one attached hydrogen (secondary N) is 1. The van der Waals surface area contributed by atoms with Crippen molar-refractivity contribution < 1.29 is 4.79 Å². The largest absolute Gasteiger partial charge is 0.384 e. The fourth-order valence-corrected chi connectivity index (χ4v) is 2.48. The Bertz CT molecular complexity index is 574. The second-order valence-electron chi connectivity index (χ2n) is 4.18. The number of pyridine rings is 1. The van der Waals surface area contributed by atoms with Gasteiger partial charge in [-0.25, -0.2) is 9.97 Å². The topological polar surface area (TPSA) is 80.9 Å². The molecule has 0 fully saturated rings. The third-order valence-electron chi connectivity index (χ3n) is 2.59.